The second-order valence-electron chi connectivity index (χ2n) is 14.7. The number of hydrogen-bond acceptors (Lipinski definition) is 4. The smallest absolute Gasteiger partial charge is 0.277 e. The van der Waals surface area contributed by atoms with Crippen molar-refractivity contribution in [2.45, 2.75) is 75.9 Å². The Morgan fingerprint density at radius 2 is 1.28 bits per heavy atom. The summed E-state index contributed by atoms with van der Waals surface area (Å²) in [4.78, 5) is 22.9. The Balaban J connectivity index is 1.14. The zero-order valence-electron chi connectivity index (χ0n) is 30.2. The van der Waals surface area contributed by atoms with Crippen LogP contribution in [0.1, 0.15) is 64.3 Å². The van der Waals surface area contributed by atoms with Crippen molar-refractivity contribution in [2.24, 2.45) is 0 Å². The zero-order chi connectivity index (χ0) is 37.1. The third-order valence-corrected chi connectivity index (χ3v) is 12.0. The van der Waals surface area contributed by atoms with Crippen LogP contribution in [0.25, 0.3) is 11.1 Å². The summed E-state index contributed by atoms with van der Waals surface area (Å²) < 4.78 is 46.0. The summed E-state index contributed by atoms with van der Waals surface area (Å²) in [5, 5.41) is 0.642. The standard InChI is InChI=1S/C44H43F3N5OS/c45-24-31-6-14-35(15-7-31)36-16-8-32(9-17-36)26-50-39(29-52(22-1-2-23-52)28-33-10-18-37(46)19-11-33)25-48-42(50)27-51-41-5-3-4-40(41)43(53)49-44(51)54-30-34-12-20-38(47)21-13-34/h6-21,25H,1-5,22-24,26-30H2/q+1. The Morgan fingerprint density at radius 1 is 0.667 bits per heavy atom. The zero-order valence-corrected chi connectivity index (χ0v) is 31.0. The summed E-state index contributed by atoms with van der Waals surface area (Å²) in [6, 6.07) is 29.4. The molecule has 276 valence electrons. The maximum atomic E-state index is 13.8. The van der Waals surface area contributed by atoms with E-state index in [1.54, 1.807) is 24.3 Å². The monoisotopic (exact) mass is 746 g/mol. The van der Waals surface area contributed by atoms with Gasteiger partial charge in [0.25, 0.3) is 5.56 Å². The van der Waals surface area contributed by atoms with E-state index in [4.69, 9.17) is 4.98 Å². The van der Waals surface area contributed by atoms with E-state index in [-0.39, 0.29) is 17.2 Å². The molecular weight excluding hydrogens is 704 g/mol. The van der Waals surface area contributed by atoms with E-state index in [1.807, 2.05) is 42.6 Å². The molecule has 0 bridgehead atoms. The highest BCUT2D eigenvalue weighted by Gasteiger charge is 2.34. The first-order chi connectivity index (χ1) is 26.3. The molecule has 10 heteroatoms. The van der Waals surface area contributed by atoms with E-state index in [1.165, 1.54) is 23.9 Å². The van der Waals surface area contributed by atoms with Crippen LogP contribution in [0.15, 0.2) is 113 Å². The Kier molecular flexibility index (Phi) is 10.6. The van der Waals surface area contributed by atoms with Gasteiger partial charge in [-0.3, -0.25) is 4.79 Å². The molecule has 3 heterocycles. The second-order valence-corrected chi connectivity index (χ2v) is 15.6. The third-order valence-electron chi connectivity index (χ3n) is 11.0. The van der Waals surface area contributed by atoms with Crippen LogP contribution in [-0.2, 0) is 51.4 Å². The molecule has 6 nitrogen and oxygen atoms in total. The van der Waals surface area contributed by atoms with Gasteiger partial charge in [-0.05, 0) is 71.3 Å². The van der Waals surface area contributed by atoms with Crippen molar-refractivity contribution in [1.82, 2.24) is 19.1 Å². The van der Waals surface area contributed by atoms with Crippen LogP contribution in [0.2, 0.25) is 0 Å². The molecule has 0 radical (unpaired) electrons. The first kappa shape index (κ1) is 36.1. The highest BCUT2D eigenvalue weighted by atomic mass is 32.2. The number of hydrogen-bond donors (Lipinski definition) is 0. The van der Waals surface area contributed by atoms with Crippen LogP contribution in [0.4, 0.5) is 13.2 Å². The largest absolute Gasteiger partial charge is 0.321 e. The van der Waals surface area contributed by atoms with E-state index in [2.05, 4.69) is 38.4 Å². The molecule has 0 spiro atoms. The summed E-state index contributed by atoms with van der Waals surface area (Å²) in [6.07, 6.45) is 6.72. The van der Waals surface area contributed by atoms with Gasteiger partial charge < -0.3 is 13.6 Å². The summed E-state index contributed by atoms with van der Waals surface area (Å²) >= 11 is 1.49. The molecule has 0 amide bonds. The molecule has 1 aliphatic heterocycles. The summed E-state index contributed by atoms with van der Waals surface area (Å²) in [5.41, 5.74) is 8.74. The molecule has 0 saturated carbocycles. The lowest BCUT2D eigenvalue weighted by Gasteiger charge is -2.34. The fourth-order valence-electron chi connectivity index (χ4n) is 8.10. The molecule has 2 aliphatic rings. The highest BCUT2D eigenvalue weighted by molar-refractivity contribution is 7.98. The van der Waals surface area contributed by atoms with E-state index < -0.39 is 6.67 Å². The molecule has 6 aromatic rings. The second kappa shape index (κ2) is 15.8. The Morgan fingerprint density at radius 3 is 1.93 bits per heavy atom. The quantitative estimate of drug-likeness (QED) is 0.0673. The third kappa shape index (κ3) is 7.95. The lowest BCUT2D eigenvalue weighted by atomic mass is 10.0. The van der Waals surface area contributed by atoms with Crippen LogP contribution in [-0.4, -0.2) is 36.7 Å². The topological polar surface area (TPSA) is 52.7 Å². The molecule has 54 heavy (non-hydrogen) atoms. The number of likely N-dealkylation sites (tertiary alicyclic amines) is 1. The fraction of sp³-hybridized carbons (Fsp3) is 0.295. The van der Waals surface area contributed by atoms with E-state index in [0.717, 1.165) is 113 Å². The minimum Gasteiger partial charge on any atom is -0.321 e. The molecular formula is C44H43F3N5OS+. The number of aromatic nitrogens is 4. The number of rotatable bonds is 13. The predicted molar refractivity (Wildman–Crippen MR) is 207 cm³/mol. The van der Waals surface area contributed by atoms with Gasteiger partial charge in [-0.2, -0.15) is 4.98 Å². The fourth-order valence-corrected chi connectivity index (χ4v) is 9.07. The van der Waals surface area contributed by atoms with E-state index >= 15 is 0 Å². The summed E-state index contributed by atoms with van der Waals surface area (Å²) in [6.45, 7) is 4.26. The van der Waals surface area contributed by atoms with Crippen LogP contribution in [0, 0.1) is 11.6 Å². The first-order valence-corrected chi connectivity index (χ1v) is 19.7. The average Bonchev–Trinajstić information content (AvgIpc) is 3.96. The number of halogens is 3. The average molecular weight is 747 g/mol. The number of imidazole rings is 1. The van der Waals surface area contributed by atoms with Crippen molar-refractivity contribution in [3.63, 3.8) is 0 Å². The van der Waals surface area contributed by atoms with Gasteiger partial charge in [-0.1, -0.05) is 84.6 Å². The van der Waals surface area contributed by atoms with Gasteiger partial charge >= 0.3 is 0 Å². The maximum Gasteiger partial charge on any atom is 0.277 e. The number of quaternary nitrogens is 1. The van der Waals surface area contributed by atoms with Crippen LogP contribution >= 0.6 is 11.8 Å². The van der Waals surface area contributed by atoms with Gasteiger partial charge in [0.1, 0.15) is 37.2 Å². The lowest BCUT2D eigenvalue weighted by Crippen LogP contribution is -2.44. The van der Waals surface area contributed by atoms with Gasteiger partial charge in [0.15, 0.2) is 5.16 Å². The van der Waals surface area contributed by atoms with Crippen molar-refractivity contribution in [2.75, 3.05) is 13.1 Å². The van der Waals surface area contributed by atoms with E-state index in [0.29, 0.717) is 29.6 Å². The normalized spacial score (nSPS) is 14.8. The number of fused-ring (bicyclic) bond motifs is 1. The summed E-state index contributed by atoms with van der Waals surface area (Å²) in [7, 11) is 0. The number of thioether (sulfide) groups is 1. The van der Waals surface area contributed by atoms with Crippen molar-refractivity contribution < 1.29 is 17.7 Å². The SMILES string of the molecule is O=c1nc(SCc2ccc(F)cc2)n(Cc2ncc(C[N+]3(Cc4ccc(F)cc4)CCCC3)n2Cc2ccc(-c3ccc(CF)cc3)cc2)c2c1CCC2. The first-order valence-electron chi connectivity index (χ1n) is 18.7. The minimum atomic E-state index is -0.481. The molecule has 4 aromatic carbocycles. The lowest BCUT2D eigenvalue weighted by molar-refractivity contribution is -0.942. The van der Waals surface area contributed by atoms with Crippen LogP contribution in [0.3, 0.4) is 0 Å². The molecule has 2 aromatic heterocycles. The molecule has 1 saturated heterocycles. The van der Waals surface area contributed by atoms with Crippen molar-refractivity contribution in [1.29, 1.82) is 0 Å². The van der Waals surface area contributed by atoms with Gasteiger partial charge in [0.2, 0.25) is 0 Å². The van der Waals surface area contributed by atoms with Gasteiger partial charge in [-0.15, -0.1) is 0 Å². The van der Waals surface area contributed by atoms with E-state index in [9.17, 15) is 18.0 Å². The molecule has 1 fully saturated rings. The van der Waals surface area contributed by atoms with Crippen molar-refractivity contribution in [3.05, 3.63) is 170 Å². The maximum absolute atomic E-state index is 13.8. The molecule has 0 atom stereocenters. The van der Waals surface area contributed by atoms with Gasteiger partial charge in [-0.25, -0.2) is 18.2 Å². The molecule has 0 unspecified atom stereocenters. The molecule has 0 N–H and O–H groups in total. The summed E-state index contributed by atoms with van der Waals surface area (Å²) in [5.74, 6) is 0.933. The predicted octanol–water partition coefficient (Wildman–Crippen LogP) is 9.04. The van der Waals surface area contributed by atoms with Crippen LogP contribution < -0.4 is 5.56 Å². The van der Waals surface area contributed by atoms with Gasteiger partial charge in [0, 0.05) is 42.0 Å². The number of nitrogens with zero attached hydrogens (tertiary/aromatic N) is 5. The van der Waals surface area contributed by atoms with Gasteiger partial charge in [0.05, 0.1) is 31.5 Å². The number of alkyl halides is 1. The Hall–Kier alpha value is -4.93. The molecule has 1 aliphatic carbocycles. The molecule has 8 rings (SSSR count). The Bertz CT molecular complexity index is 2280. The highest BCUT2D eigenvalue weighted by Crippen LogP contribution is 2.31. The van der Waals surface area contributed by atoms with Crippen LogP contribution in [0.5, 0.6) is 0 Å². The van der Waals surface area contributed by atoms with Crippen molar-refractivity contribution in [3.8, 4) is 11.1 Å². The van der Waals surface area contributed by atoms with Crippen molar-refractivity contribution >= 4 is 11.8 Å². The number of benzene rings is 4. The minimum absolute atomic E-state index is 0.162. The Labute approximate surface area is 317 Å².